The Morgan fingerprint density at radius 3 is 2.87 bits per heavy atom. The maximum atomic E-state index is 5.63. The number of rotatable bonds is 4. The minimum Gasteiger partial charge on any atom is -0.501 e. The fourth-order valence-corrected chi connectivity index (χ4v) is 2.34. The number of allylic oxidation sites excluding steroid dienone is 1. The van der Waals surface area contributed by atoms with Crippen LogP contribution in [0.3, 0.4) is 0 Å². The van der Waals surface area contributed by atoms with Crippen molar-refractivity contribution >= 4 is 0 Å². The Labute approximate surface area is 92.6 Å². The molecule has 0 aromatic heterocycles. The van der Waals surface area contributed by atoms with E-state index in [0.29, 0.717) is 5.41 Å². The molecule has 0 amide bonds. The van der Waals surface area contributed by atoms with E-state index in [0.717, 1.165) is 26.2 Å². The highest BCUT2D eigenvalue weighted by Gasteiger charge is 2.29. The fourth-order valence-electron chi connectivity index (χ4n) is 2.34. The SMILES string of the molecule is CC1(CCOC=C2CCCC2)CCOC1. The second kappa shape index (κ2) is 5.02. The van der Waals surface area contributed by atoms with Crippen LogP contribution in [0.2, 0.25) is 0 Å². The van der Waals surface area contributed by atoms with Gasteiger partial charge in [0.25, 0.3) is 0 Å². The third-order valence-corrected chi connectivity index (χ3v) is 3.62. The second-order valence-corrected chi connectivity index (χ2v) is 5.22. The molecule has 0 aromatic rings. The van der Waals surface area contributed by atoms with Gasteiger partial charge in [-0.1, -0.05) is 6.92 Å². The average Bonchev–Trinajstić information content (AvgIpc) is 2.84. The smallest absolute Gasteiger partial charge is 0.0879 e. The second-order valence-electron chi connectivity index (χ2n) is 5.22. The first-order valence-electron chi connectivity index (χ1n) is 6.16. The number of hydrogen-bond acceptors (Lipinski definition) is 2. The molecule has 0 N–H and O–H groups in total. The van der Waals surface area contributed by atoms with Crippen molar-refractivity contribution in [2.45, 2.75) is 45.4 Å². The molecule has 0 spiro atoms. The van der Waals surface area contributed by atoms with E-state index in [1.54, 1.807) is 0 Å². The fraction of sp³-hybridized carbons (Fsp3) is 0.846. The summed E-state index contributed by atoms with van der Waals surface area (Å²) in [5.74, 6) is 0. The molecule has 2 aliphatic rings. The van der Waals surface area contributed by atoms with Gasteiger partial charge in [-0.2, -0.15) is 0 Å². The monoisotopic (exact) mass is 210 g/mol. The third kappa shape index (κ3) is 3.23. The van der Waals surface area contributed by atoms with Crippen LogP contribution in [-0.4, -0.2) is 19.8 Å². The molecule has 0 aromatic carbocycles. The Morgan fingerprint density at radius 1 is 1.40 bits per heavy atom. The summed E-state index contributed by atoms with van der Waals surface area (Å²) in [5.41, 5.74) is 1.87. The highest BCUT2D eigenvalue weighted by Crippen LogP contribution is 2.31. The van der Waals surface area contributed by atoms with Gasteiger partial charge < -0.3 is 9.47 Å². The lowest BCUT2D eigenvalue weighted by Crippen LogP contribution is -2.18. The Kier molecular flexibility index (Phi) is 3.68. The summed E-state index contributed by atoms with van der Waals surface area (Å²) in [6.07, 6.45) is 9.51. The Balaban J connectivity index is 1.64. The van der Waals surface area contributed by atoms with Crippen LogP contribution in [0.4, 0.5) is 0 Å². The maximum absolute atomic E-state index is 5.63. The van der Waals surface area contributed by atoms with Gasteiger partial charge in [-0.3, -0.25) is 0 Å². The van der Waals surface area contributed by atoms with E-state index in [1.165, 1.54) is 37.7 Å². The van der Waals surface area contributed by atoms with E-state index < -0.39 is 0 Å². The lowest BCUT2D eigenvalue weighted by atomic mass is 9.87. The van der Waals surface area contributed by atoms with Crippen molar-refractivity contribution in [3.8, 4) is 0 Å². The molecule has 0 bridgehead atoms. The van der Waals surface area contributed by atoms with E-state index in [1.807, 2.05) is 6.26 Å². The van der Waals surface area contributed by atoms with Gasteiger partial charge in [0.05, 0.1) is 19.5 Å². The van der Waals surface area contributed by atoms with Gasteiger partial charge >= 0.3 is 0 Å². The topological polar surface area (TPSA) is 18.5 Å². The first-order valence-corrected chi connectivity index (χ1v) is 6.16. The number of ether oxygens (including phenoxy) is 2. The van der Waals surface area contributed by atoms with Crippen LogP contribution < -0.4 is 0 Å². The zero-order chi connectivity index (χ0) is 10.6. The molecule has 2 nitrogen and oxygen atoms in total. The highest BCUT2D eigenvalue weighted by atomic mass is 16.5. The molecule has 1 saturated carbocycles. The molecular weight excluding hydrogens is 188 g/mol. The van der Waals surface area contributed by atoms with E-state index in [4.69, 9.17) is 9.47 Å². The van der Waals surface area contributed by atoms with Crippen molar-refractivity contribution in [2.75, 3.05) is 19.8 Å². The zero-order valence-corrected chi connectivity index (χ0v) is 9.76. The predicted molar refractivity (Wildman–Crippen MR) is 60.7 cm³/mol. The van der Waals surface area contributed by atoms with Gasteiger partial charge in [-0.05, 0) is 49.5 Å². The summed E-state index contributed by atoms with van der Waals surface area (Å²) in [5, 5.41) is 0. The quantitative estimate of drug-likeness (QED) is 0.523. The molecular formula is C13H22O2. The van der Waals surface area contributed by atoms with Crippen molar-refractivity contribution in [3.63, 3.8) is 0 Å². The molecule has 2 rings (SSSR count). The molecule has 1 unspecified atom stereocenters. The zero-order valence-electron chi connectivity index (χ0n) is 9.76. The van der Waals surface area contributed by atoms with Crippen molar-refractivity contribution in [1.82, 2.24) is 0 Å². The Morgan fingerprint density at radius 2 is 2.20 bits per heavy atom. The summed E-state index contributed by atoms with van der Waals surface area (Å²) in [6.45, 7) is 4.99. The van der Waals surface area contributed by atoms with Crippen LogP contribution in [0.1, 0.15) is 45.4 Å². The molecule has 1 heterocycles. The van der Waals surface area contributed by atoms with Crippen LogP contribution in [-0.2, 0) is 9.47 Å². The van der Waals surface area contributed by atoms with Gasteiger partial charge in [-0.15, -0.1) is 0 Å². The molecule has 1 saturated heterocycles. The molecule has 1 atom stereocenters. The van der Waals surface area contributed by atoms with E-state index in [-0.39, 0.29) is 0 Å². The predicted octanol–water partition coefficient (Wildman–Crippen LogP) is 3.28. The highest BCUT2D eigenvalue weighted by molar-refractivity contribution is 5.02. The van der Waals surface area contributed by atoms with Crippen LogP contribution in [0.15, 0.2) is 11.8 Å². The van der Waals surface area contributed by atoms with Crippen LogP contribution in [0.5, 0.6) is 0 Å². The van der Waals surface area contributed by atoms with Crippen molar-refractivity contribution < 1.29 is 9.47 Å². The minimum absolute atomic E-state index is 0.369. The van der Waals surface area contributed by atoms with Crippen molar-refractivity contribution in [1.29, 1.82) is 0 Å². The molecule has 0 radical (unpaired) electrons. The van der Waals surface area contributed by atoms with Gasteiger partial charge in [0.2, 0.25) is 0 Å². The van der Waals surface area contributed by atoms with Crippen LogP contribution in [0, 0.1) is 5.41 Å². The summed E-state index contributed by atoms with van der Waals surface area (Å²) < 4.78 is 11.0. The summed E-state index contributed by atoms with van der Waals surface area (Å²) in [6, 6.07) is 0. The van der Waals surface area contributed by atoms with Gasteiger partial charge in [0.15, 0.2) is 0 Å². The lowest BCUT2D eigenvalue weighted by Gasteiger charge is -2.20. The maximum Gasteiger partial charge on any atom is 0.0879 e. The largest absolute Gasteiger partial charge is 0.501 e. The van der Waals surface area contributed by atoms with Gasteiger partial charge in [0, 0.05) is 6.61 Å². The first-order chi connectivity index (χ1) is 7.29. The van der Waals surface area contributed by atoms with Crippen molar-refractivity contribution in [3.05, 3.63) is 11.8 Å². The van der Waals surface area contributed by atoms with Crippen LogP contribution >= 0.6 is 0 Å². The van der Waals surface area contributed by atoms with E-state index in [9.17, 15) is 0 Å². The van der Waals surface area contributed by atoms with Gasteiger partial charge in [0.1, 0.15) is 0 Å². The average molecular weight is 210 g/mol. The molecule has 15 heavy (non-hydrogen) atoms. The van der Waals surface area contributed by atoms with E-state index >= 15 is 0 Å². The Bertz CT molecular complexity index is 219. The molecule has 2 heteroatoms. The standard InChI is InChI=1S/C13H22O2/c1-13(7-9-15-11-13)6-8-14-10-12-4-2-3-5-12/h10H,2-9,11H2,1H3. The minimum atomic E-state index is 0.369. The van der Waals surface area contributed by atoms with Gasteiger partial charge in [-0.25, -0.2) is 0 Å². The third-order valence-electron chi connectivity index (χ3n) is 3.62. The molecule has 2 fully saturated rings. The first kappa shape index (κ1) is 11.0. The lowest BCUT2D eigenvalue weighted by molar-refractivity contribution is 0.130. The normalized spacial score (nSPS) is 30.9. The number of hydrogen-bond donors (Lipinski definition) is 0. The summed E-state index contributed by atoms with van der Waals surface area (Å²) in [7, 11) is 0. The van der Waals surface area contributed by atoms with E-state index in [2.05, 4.69) is 6.92 Å². The Hall–Kier alpha value is -0.500. The summed E-state index contributed by atoms with van der Waals surface area (Å²) in [4.78, 5) is 0. The van der Waals surface area contributed by atoms with Crippen molar-refractivity contribution in [2.24, 2.45) is 5.41 Å². The molecule has 1 aliphatic carbocycles. The summed E-state index contributed by atoms with van der Waals surface area (Å²) >= 11 is 0. The molecule has 1 aliphatic heterocycles. The molecule has 86 valence electrons. The van der Waals surface area contributed by atoms with Crippen LogP contribution in [0.25, 0.3) is 0 Å².